The van der Waals surface area contributed by atoms with Crippen LogP contribution in [0.15, 0.2) is 29.2 Å². The third-order valence-corrected chi connectivity index (χ3v) is 4.23. The summed E-state index contributed by atoms with van der Waals surface area (Å²) in [4.78, 5) is 14.2. The monoisotopic (exact) mass is 276 g/mol. The standard InChI is InChI=1S/C15H20N2OS/c1-5-17-9-13(6-7-15(17)18)16-11(3)14-8-10(2)19-12(14)4/h6-9,11,16H,5H2,1-4H3. The van der Waals surface area contributed by atoms with Crippen LogP contribution in [0.4, 0.5) is 5.69 Å². The molecule has 0 aliphatic carbocycles. The van der Waals surface area contributed by atoms with E-state index >= 15 is 0 Å². The molecule has 0 spiro atoms. The van der Waals surface area contributed by atoms with E-state index in [9.17, 15) is 4.79 Å². The van der Waals surface area contributed by atoms with E-state index in [0.717, 1.165) is 5.69 Å². The summed E-state index contributed by atoms with van der Waals surface area (Å²) in [6.07, 6.45) is 1.88. The molecule has 0 bridgehead atoms. The predicted molar refractivity (Wildman–Crippen MR) is 82.2 cm³/mol. The third kappa shape index (κ3) is 3.07. The number of rotatable bonds is 4. The SMILES string of the molecule is CCn1cc(NC(C)c2cc(C)sc2C)ccc1=O. The van der Waals surface area contributed by atoms with Crippen LogP contribution >= 0.6 is 11.3 Å². The van der Waals surface area contributed by atoms with Crippen molar-refractivity contribution < 1.29 is 0 Å². The van der Waals surface area contributed by atoms with Crippen molar-refractivity contribution in [2.75, 3.05) is 5.32 Å². The van der Waals surface area contributed by atoms with Crippen molar-refractivity contribution in [3.8, 4) is 0 Å². The summed E-state index contributed by atoms with van der Waals surface area (Å²) in [5.74, 6) is 0. The van der Waals surface area contributed by atoms with Crippen LogP contribution in [0.5, 0.6) is 0 Å². The molecule has 3 nitrogen and oxygen atoms in total. The molecule has 0 fully saturated rings. The van der Waals surface area contributed by atoms with Gasteiger partial charge in [-0.1, -0.05) is 0 Å². The molecule has 1 atom stereocenters. The summed E-state index contributed by atoms with van der Waals surface area (Å²) in [5.41, 5.74) is 2.36. The molecule has 19 heavy (non-hydrogen) atoms. The van der Waals surface area contributed by atoms with Gasteiger partial charge in [-0.15, -0.1) is 11.3 Å². The summed E-state index contributed by atoms with van der Waals surface area (Å²) in [6.45, 7) is 9.10. The quantitative estimate of drug-likeness (QED) is 0.923. The van der Waals surface area contributed by atoms with Crippen LogP contribution < -0.4 is 10.9 Å². The third-order valence-electron chi connectivity index (χ3n) is 3.25. The number of aromatic nitrogens is 1. The molecule has 0 aliphatic heterocycles. The maximum atomic E-state index is 11.6. The first kappa shape index (κ1) is 13.9. The summed E-state index contributed by atoms with van der Waals surface area (Å²) in [7, 11) is 0. The van der Waals surface area contributed by atoms with Gasteiger partial charge in [-0.25, -0.2) is 0 Å². The Morgan fingerprint density at radius 1 is 1.37 bits per heavy atom. The van der Waals surface area contributed by atoms with Crippen LogP contribution in [-0.4, -0.2) is 4.57 Å². The van der Waals surface area contributed by atoms with Crippen LogP contribution in [0.1, 0.15) is 35.2 Å². The number of pyridine rings is 1. The number of anilines is 1. The van der Waals surface area contributed by atoms with Gasteiger partial charge in [-0.05, 0) is 45.4 Å². The molecular formula is C15H20N2OS. The van der Waals surface area contributed by atoms with Gasteiger partial charge in [0.25, 0.3) is 5.56 Å². The molecule has 2 aromatic rings. The van der Waals surface area contributed by atoms with Crippen LogP contribution in [0.3, 0.4) is 0 Å². The molecule has 2 aromatic heterocycles. The topological polar surface area (TPSA) is 34.0 Å². The molecular weight excluding hydrogens is 256 g/mol. The molecule has 102 valence electrons. The zero-order valence-corrected chi connectivity index (χ0v) is 12.7. The average Bonchev–Trinajstić information content (AvgIpc) is 2.71. The molecule has 0 radical (unpaired) electrons. The Labute approximate surface area is 117 Å². The van der Waals surface area contributed by atoms with Gasteiger partial charge in [0.15, 0.2) is 0 Å². The first-order valence-corrected chi connectivity index (χ1v) is 7.37. The van der Waals surface area contributed by atoms with E-state index in [-0.39, 0.29) is 11.6 Å². The molecule has 0 aliphatic rings. The zero-order valence-electron chi connectivity index (χ0n) is 11.9. The number of aryl methyl sites for hydroxylation is 3. The van der Waals surface area contributed by atoms with E-state index in [4.69, 9.17) is 0 Å². The molecule has 0 amide bonds. The van der Waals surface area contributed by atoms with Crippen LogP contribution in [0, 0.1) is 13.8 Å². The summed E-state index contributed by atoms with van der Waals surface area (Å²) in [6, 6.07) is 5.94. The fourth-order valence-electron chi connectivity index (χ4n) is 2.27. The van der Waals surface area contributed by atoms with Gasteiger partial charge in [0.2, 0.25) is 0 Å². The molecule has 2 rings (SSSR count). The second-order valence-electron chi connectivity index (χ2n) is 4.78. The Balaban J connectivity index is 2.21. The van der Waals surface area contributed by atoms with E-state index in [1.165, 1.54) is 15.3 Å². The number of nitrogens with one attached hydrogen (secondary N) is 1. The van der Waals surface area contributed by atoms with Crippen LogP contribution in [0.25, 0.3) is 0 Å². The minimum Gasteiger partial charge on any atom is -0.377 e. The second kappa shape index (κ2) is 5.61. The van der Waals surface area contributed by atoms with Crippen molar-refractivity contribution >= 4 is 17.0 Å². The predicted octanol–water partition coefficient (Wildman–Crippen LogP) is 3.72. The van der Waals surface area contributed by atoms with Gasteiger partial charge in [0.1, 0.15) is 0 Å². The van der Waals surface area contributed by atoms with E-state index < -0.39 is 0 Å². The van der Waals surface area contributed by atoms with Crippen LogP contribution in [0.2, 0.25) is 0 Å². The molecule has 0 saturated carbocycles. The van der Waals surface area contributed by atoms with Gasteiger partial charge in [0.05, 0.1) is 5.69 Å². The molecule has 2 heterocycles. The van der Waals surface area contributed by atoms with Crippen molar-refractivity contribution in [1.29, 1.82) is 0 Å². The smallest absolute Gasteiger partial charge is 0.250 e. The van der Waals surface area contributed by atoms with Crippen molar-refractivity contribution in [1.82, 2.24) is 4.57 Å². The Morgan fingerprint density at radius 3 is 2.68 bits per heavy atom. The van der Waals surface area contributed by atoms with Gasteiger partial charge in [-0.2, -0.15) is 0 Å². The van der Waals surface area contributed by atoms with Gasteiger partial charge in [0, 0.05) is 34.6 Å². The average molecular weight is 276 g/mol. The Kier molecular flexibility index (Phi) is 4.10. The van der Waals surface area contributed by atoms with E-state index in [1.54, 1.807) is 10.6 Å². The first-order chi connectivity index (χ1) is 9.01. The van der Waals surface area contributed by atoms with Crippen molar-refractivity contribution in [2.45, 2.75) is 40.3 Å². The van der Waals surface area contributed by atoms with Gasteiger partial charge < -0.3 is 9.88 Å². The summed E-state index contributed by atoms with van der Waals surface area (Å²) in [5, 5.41) is 3.46. The van der Waals surface area contributed by atoms with Crippen molar-refractivity contribution in [3.63, 3.8) is 0 Å². The zero-order chi connectivity index (χ0) is 14.0. The second-order valence-corrected chi connectivity index (χ2v) is 6.24. The Hall–Kier alpha value is -1.55. The molecule has 0 aromatic carbocycles. The normalized spacial score (nSPS) is 12.4. The fraction of sp³-hybridized carbons (Fsp3) is 0.400. The fourth-order valence-corrected chi connectivity index (χ4v) is 3.29. The highest BCUT2D eigenvalue weighted by molar-refractivity contribution is 7.12. The van der Waals surface area contributed by atoms with E-state index in [1.807, 2.05) is 30.5 Å². The molecule has 1 N–H and O–H groups in total. The maximum absolute atomic E-state index is 11.6. The minimum absolute atomic E-state index is 0.0447. The molecule has 0 saturated heterocycles. The van der Waals surface area contributed by atoms with Crippen LogP contribution in [-0.2, 0) is 6.54 Å². The Bertz CT molecular complexity index is 627. The number of nitrogens with zero attached hydrogens (tertiary/aromatic N) is 1. The first-order valence-electron chi connectivity index (χ1n) is 6.55. The van der Waals surface area contributed by atoms with Crippen molar-refractivity contribution in [2.24, 2.45) is 0 Å². The molecule has 4 heteroatoms. The van der Waals surface area contributed by atoms with E-state index in [2.05, 4.69) is 32.2 Å². The highest BCUT2D eigenvalue weighted by Crippen LogP contribution is 2.28. The van der Waals surface area contributed by atoms with Gasteiger partial charge >= 0.3 is 0 Å². The molecule has 1 unspecified atom stereocenters. The summed E-state index contributed by atoms with van der Waals surface area (Å²) < 4.78 is 1.71. The lowest BCUT2D eigenvalue weighted by molar-refractivity contribution is 0.725. The van der Waals surface area contributed by atoms with E-state index in [0.29, 0.717) is 6.54 Å². The maximum Gasteiger partial charge on any atom is 0.250 e. The lowest BCUT2D eigenvalue weighted by Crippen LogP contribution is -2.18. The number of hydrogen-bond acceptors (Lipinski definition) is 3. The summed E-state index contributed by atoms with van der Waals surface area (Å²) >= 11 is 1.82. The number of thiophene rings is 1. The lowest BCUT2D eigenvalue weighted by Gasteiger charge is -2.16. The lowest BCUT2D eigenvalue weighted by atomic mass is 10.1. The highest BCUT2D eigenvalue weighted by atomic mass is 32.1. The largest absolute Gasteiger partial charge is 0.377 e. The van der Waals surface area contributed by atoms with Gasteiger partial charge in [-0.3, -0.25) is 4.79 Å². The van der Waals surface area contributed by atoms with Crippen molar-refractivity contribution in [3.05, 3.63) is 50.1 Å². The number of hydrogen-bond donors (Lipinski definition) is 1. The Morgan fingerprint density at radius 2 is 2.11 bits per heavy atom. The minimum atomic E-state index is 0.0447. The highest BCUT2D eigenvalue weighted by Gasteiger charge is 2.11.